The van der Waals surface area contributed by atoms with Crippen molar-refractivity contribution in [3.05, 3.63) is 18.2 Å². The van der Waals surface area contributed by atoms with Crippen LogP contribution in [0.3, 0.4) is 0 Å². The van der Waals surface area contributed by atoms with Gasteiger partial charge in [-0.15, -0.1) is 0 Å². The van der Waals surface area contributed by atoms with Gasteiger partial charge in [0.25, 0.3) is 5.82 Å². The van der Waals surface area contributed by atoms with Crippen molar-refractivity contribution in [1.29, 1.82) is 0 Å². The molecule has 0 atom stereocenters. The van der Waals surface area contributed by atoms with Crippen LogP contribution < -0.4 is 4.57 Å². The van der Waals surface area contributed by atoms with Gasteiger partial charge in [0.15, 0.2) is 0 Å². The molecule has 1 rings (SSSR count). The van der Waals surface area contributed by atoms with Gasteiger partial charge in [-0.05, 0) is 25.7 Å². The number of rotatable bonds is 25. The summed E-state index contributed by atoms with van der Waals surface area (Å²) in [6, 6.07) is 0. The smallest absolute Gasteiger partial charge is 0.234 e. The molecule has 0 amide bonds. The molecule has 0 fully saturated rings. The third-order valence-corrected chi connectivity index (χ3v) is 7.51. The molecule has 0 spiro atoms. The molecule has 0 saturated heterocycles. The molecule has 0 unspecified atom stereocenters. The Bertz CT molecular complexity index is 519. The zero-order valence-corrected chi connectivity index (χ0v) is 23.2. The fourth-order valence-corrected chi connectivity index (χ4v) is 5.08. The number of unbranched alkanes of at least 4 members (excludes halogenated alkanes) is 21. The summed E-state index contributed by atoms with van der Waals surface area (Å²) in [5.74, 6) is 1.45. The van der Waals surface area contributed by atoms with E-state index in [2.05, 4.69) is 42.3 Å². The number of nitrogens with zero attached hydrogens (tertiary/aromatic N) is 2. The summed E-state index contributed by atoms with van der Waals surface area (Å²) < 4.78 is 4.96. The van der Waals surface area contributed by atoms with Crippen molar-refractivity contribution in [3.8, 4) is 0 Å². The van der Waals surface area contributed by atoms with E-state index in [1.807, 2.05) is 0 Å². The number of imidazole rings is 1. The average molecular weight is 462 g/mol. The van der Waals surface area contributed by atoms with E-state index in [1.165, 1.54) is 167 Å². The first kappa shape index (κ1) is 30.2. The number of aryl methyl sites for hydroxylation is 2. The molecule has 0 radical (unpaired) electrons. The lowest BCUT2D eigenvalue weighted by Gasteiger charge is -2.04. The lowest BCUT2D eigenvalue weighted by molar-refractivity contribution is -0.702. The Labute approximate surface area is 208 Å². The number of hydrogen-bond acceptors (Lipinski definition) is 0. The molecular weight excluding hydrogens is 400 g/mol. The van der Waals surface area contributed by atoms with E-state index in [0.717, 1.165) is 0 Å². The van der Waals surface area contributed by atoms with E-state index in [1.54, 1.807) is 0 Å². The highest BCUT2D eigenvalue weighted by molar-refractivity contribution is 4.79. The first-order valence-corrected chi connectivity index (χ1v) is 15.3. The van der Waals surface area contributed by atoms with Crippen LogP contribution in [-0.4, -0.2) is 4.57 Å². The van der Waals surface area contributed by atoms with Gasteiger partial charge >= 0.3 is 0 Å². The summed E-state index contributed by atoms with van der Waals surface area (Å²) in [6.45, 7) is 9.31. The molecule has 1 heterocycles. The van der Waals surface area contributed by atoms with E-state index < -0.39 is 0 Å². The molecule has 1 aromatic rings. The Hall–Kier alpha value is -0.790. The maximum atomic E-state index is 2.48. The highest BCUT2D eigenvalue weighted by atomic mass is 15.1. The first-order valence-electron chi connectivity index (χ1n) is 15.3. The van der Waals surface area contributed by atoms with Gasteiger partial charge in [0.2, 0.25) is 0 Å². The molecule has 194 valence electrons. The largest absolute Gasteiger partial charge is 0.253 e. The molecule has 0 N–H and O–H groups in total. The second-order valence-corrected chi connectivity index (χ2v) is 10.7. The van der Waals surface area contributed by atoms with Crippen molar-refractivity contribution in [3.63, 3.8) is 0 Å². The van der Waals surface area contributed by atoms with Crippen LogP contribution in [0.25, 0.3) is 0 Å². The molecule has 33 heavy (non-hydrogen) atoms. The standard InChI is InChI=1S/C31H61N2/c1-4-6-8-10-12-14-16-17-18-20-22-24-26-28-33-30-29-32(31(33)3)27-25-23-21-19-15-13-11-9-7-5-2/h29-30H,4-28H2,1-3H3/q+1. The minimum atomic E-state index is 1.20. The van der Waals surface area contributed by atoms with Crippen LogP contribution in [0.15, 0.2) is 12.4 Å². The Morgan fingerprint density at radius 3 is 1.30 bits per heavy atom. The minimum absolute atomic E-state index is 1.20. The maximum Gasteiger partial charge on any atom is 0.253 e. The van der Waals surface area contributed by atoms with Gasteiger partial charge in [-0.3, -0.25) is 0 Å². The van der Waals surface area contributed by atoms with Gasteiger partial charge in [-0.1, -0.05) is 136 Å². The second-order valence-electron chi connectivity index (χ2n) is 10.7. The van der Waals surface area contributed by atoms with Crippen LogP contribution in [-0.2, 0) is 13.1 Å². The predicted octanol–water partition coefficient (Wildman–Crippen LogP) is 10.1. The van der Waals surface area contributed by atoms with Gasteiger partial charge in [0, 0.05) is 6.92 Å². The van der Waals surface area contributed by atoms with Crippen LogP contribution in [0.5, 0.6) is 0 Å². The van der Waals surface area contributed by atoms with E-state index in [0.29, 0.717) is 0 Å². The van der Waals surface area contributed by atoms with Crippen molar-refractivity contribution in [1.82, 2.24) is 4.57 Å². The summed E-state index contributed by atoms with van der Waals surface area (Å²) in [5, 5.41) is 0. The van der Waals surface area contributed by atoms with Gasteiger partial charge in [-0.2, -0.15) is 0 Å². The lowest BCUT2D eigenvalue weighted by atomic mass is 10.0. The third kappa shape index (κ3) is 17.3. The van der Waals surface area contributed by atoms with Crippen molar-refractivity contribution >= 4 is 0 Å². The van der Waals surface area contributed by atoms with Gasteiger partial charge in [0.1, 0.15) is 12.4 Å². The second kappa shape index (κ2) is 23.0. The summed E-state index contributed by atoms with van der Waals surface area (Å²) in [4.78, 5) is 0. The highest BCUT2D eigenvalue weighted by Crippen LogP contribution is 2.13. The van der Waals surface area contributed by atoms with E-state index in [9.17, 15) is 0 Å². The summed E-state index contributed by atoms with van der Waals surface area (Å²) in [6.07, 6.45) is 37.4. The average Bonchev–Trinajstić information content (AvgIpc) is 3.17. The Morgan fingerprint density at radius 1 is 0.515 bits per heavy atom. The van der Waals surface area contributed by atoms with E-state index >= 15 is 0 Å². The SMILES string of the molecule is CCCCCCCCCCCCCCC[n+]1ccn(CCCCCCCCCCCC)c1C. The topological polar surface area (TPSA) is 8.81 Å². The quantitative estimate of drug-likeness (QED) is 0.101. The van der Waals surface area contributed by atoms with Gasteiger partial charge in [-0.25, -0.2) is 9.13 Å². The van der Waals surface area contributed by atoms with Crippen LogP contribution in [0.4, 0.5) is 0 Å². The Morgan fingerprint density at radius 2 is 0.879 bits per heavy atom. The van der Waals surface area contributed by atoms with Crippen LogP contribution >= 0.6 is 0 Å². The molecule has 0 aromatic carbocycles. The molecular formula is C31H61N2+. The zero-order valence-electron chi connectivity index (χ0n) is 23.2. The Balaban J connectivity index is 1.93. The molecule has 0 aliphatic carbocycles. The normalized spacial score (nSPS) is 11.5. The number of hydrogen-bond donors (Lipinski definition) is 0. The van der Waals surface area contributed by atoms with Crippen molar-refractivity contribution in [2.24, 2.45) is 0 Å². The molecule has 1 aromatic heterocycles. The molecule has 2 heteroatoms. The van der Waals surface area contributed by atoms with Gasteiger partial charge in [0.05, 0.1) is 13.1 Å². The first-order chi connectivity index (χ1) is 16.3. The molecule has 0 bridgehead atoms. The monoisotopic (exact) mass is 461 g/mol. The fraction of sp³-hybridized carbons (Fsp3) is 0.903. The van der Waals surface area contributed by atoms with Crippen molar-refractivity contribution in [2.75, 3.05) is 0 Å². The van der Waals surface area contributed by atoms with Gasteiger partial charge < -0.3 is 0 Å². The predicted molar refractivity (Wildman–Crippen MR) is 147 cm³/mol. The maximum absolute atomic E-state index is 2.48. The fourth-order valence-electron chi connectivity index (χ4n) is 5.08. The van der Waals surface area contributed by atoms with Crippen LogP contribution in [0, 0.1) is 6.92 Å². The third-order valence-electron chi connectivity index (χ3n) is 7.51. The highest BCUT2D eigenvalue weighted by Gasteiger charge is 2.11. The summed E-state index contributed by atoms with van der Waals surface area (Å²) in [7, 11) is 0. The van der Waals surface area contributed by atoms with Crippen molar-refractivity contribution < 1.29 is 4.57 Å². The Kier molecular flexibility index (Phi) is 21.1. The van der Waals surface area contributed by atoms with Crippen molar-refractivity contribution in [2.45, 2.75) is 182 Å². The lowest BCUT2D eigenvalue weighted by Crippen LogP contribution is -2.35. The van der Waals surface area contributed by atoms with Crippen LogP contribution in [0.1, 0.15) is 167 Å². The molecule has 0 saturated carbocycles. The zero-order chi connectivity index (χ0) is 23.8. The number of aromatic nitrogens is 2. The molecule has 0 aliphatic rings. The van der Waals surface area contributed by atoms with Crippen LogP contribution in [0.2, 0.25) is 0 Å². The van der Waals surface area contributed by atoms with E-state index in [4.69, 9.17) is 0 Å². The summed E-state index contributed by atoms with van der Waals surface area (Å²) in [5.41, 5.74) is 0. The van der Waals surface area contributed by atoms with E-state index in [-0.39, 0.29) is 0 Å². The minimum Gasteiger partial charge on any atom is -0.234 e. The molecule has 0 aliphatic heterocycles. The molecule has 2 nitrogen and oxygen atoms in total. The summed E-state index contributed by atoms with van der Waals surface area (Å²) >= 11 is 0.